The third-order valence-corrected chi connectivity index (χ3v) is 0.957. The number of hydrogen-bond donors (Lipinski definition) is 0. The number of hydrogen-bond acceptors (Lipinski definition) is 6. The molecule has 0 N–H and O–H groups in total. The van der Waals surface area contributed by atoms with Crippen LogP contribution in [0, 0.1) is 10.1 Å². The maximum atomic E-state index is 10.8. The first kappa shape index (κ1) is 11.3. The molecule has 0 fully saturated rings. The van der Waals surface area contributed by atoms with Gasteiger partial charge in [-0.05, 0) is 6.92 Å². The lowest BCUT2D eigenvalue weighted by Gasteiger charge is -2.07. The molecule has 0 radical (unpaired) electrons. The fraction of sp³-hybridized carbons (Fsp3) is 0.667. The zero-order valence-electron chi connectivity index (χ0n) is 7.18. The summed E-state index contributed by atoms with van der Waals surface area (Å²) in [6.45, 7) is 2.45. The van der Waals surface area contributed by atoms with Gasteiger partial charge in [-0.2, -0.15) is 0 Å². The van der Waals surface area contributed by atoms with Crippen LogP contribution in [-0.2, 0) is 19.1 Å². The summed E-state index contributed by atoms with van der Waals surface area (Å²) in [5, 5.41) is 10.2. The molecule has 0 saturated carbocycles. The van der Waals surface area contributed by atoms with Crippen molar-refractivity contribution in [3.63, 3.8) is 0 Å². The van der Waals surface area contributed by atoms with E-state index in [1.165, 1.54) is 6.92 Å². The van der Waals surface area contributed by atoms with Crippen LogP contribution >= 0.6 is 0 Å². The largest absolute Gasteiger partial charge is 0.458 e. The highest BCUT2D eigenvalue weighted by molar-refractivity contribution is 5.76. The molecule has 0 aliphatic carbocycles. The lowest BCUT2D eigenvalue weighted by molar-refractivity contribution is -0.553. The van der Waals surface area contributed by atoms with Crippen molar-refractivity contribution in [3.8, 4) is 0 Å². The van der Waals surface area contributed by atoms with Gasteiger partial charge in [-0.3, -0.25) is 14.9 Å². The topological polar surface area (TPSA) is 95.7 Å². The van der Waals surface area contributed by atoms with E-state index in [0.717, 1.165) is 6.92 Å². The van der Waals surface area contributed by atoms with Crippen LogP contribution < -0.4 is 0 Å². The Hall–Kier alpha value is -1.66. The molecule has 0 aliphatic heterocycles. The van der Waals surface area contributed by atoms with Crippen molar-refractivity contribution in [2.24, 2.45) is 0 Å². The summed E-state index contributed by atoms with van der Waals surface area (Å²) >= 11 is 0. The van der Waals surface area contributed by atoms with Crippen LogP contribution in [0.5, 0.6) is 0 Å². The maximum absolute atomic E-state index is 10.8. The molecule has 7 nitrogen and oxygen atoms in total. The molecule has 0 saturated heterocycles. The number of rotatable bonds is 4. The molecule has 1 atom stereocenters. The van der Waals surface area contributed by atoms with Crippen molar-refractivity contribution in [1.82, 2.24) is 0 Å². The van der Waals surface area contributed by atoms with Crippen molar-refractivity contribution < 1.29 is 24.0 Å². The second-order valence-electron chi connectivity index (χ2n) is 2.00. The summed E-state index contributed by atoms with van der Waals surface area (Å²) in [5.74, 6) is -2.09. The molecule has 0 amide bonds. The molecule has 0 aromatic carbocycles. The molecule has 0 heterocycles. The summed E-state index contributed by atoms with van der Waals surface area (Å²) in [6.07, 6.45) is -2.06. The second-order valence-corrected chi connectivity index (χ2v) is 2.00. The highest BCUT2D eigenvalue weighted by Gasteiger charge is 2.34. The van der Waals surface area contributed by atoms with Crippen LogP contribution in [0.4, 0.5) is 0 Å². The zero-order chi connectivity index (χ0) is 10.4. The van der Waals surface area contributed by atoms with Crippen molar-refractivity contribution in [2.45, 2.75) is 20.1 Å². The molecular weight excluding hydrogens is 182 g/mol. The Morgan fingerprint density at radius 1 is 1.54 bits per heavy atom. The molecule has 0 rings (SSSR count). The average molecular weight is 191 g/mol. The number of carbonyl (C=O) groups is 2. The monoisotopic (exact) mass is 191 g/mol. The van der Waals surface area contributed by atoms with E-state index < -0.39 is 23.1 Å². The summed E-state index contributed by atoms with van der Waals surface area (Å²) in [4.78, 5) is 30.3. The smallest absolute Gasteiger partial charge is 0.454 e. The van der Waals surface area contributed by atoms with Crippen molar-refractivity contribution in [1.29, 1.82) is 0 Å². The van der Waals surface area contributed by atoms with Gasteiger partial charge in [0.1, 0.15) is 0 Å². The summed E-state index contributed by atoms with van der Waals surface area (Å²) in [6, 6.07) is 0. The van der Waals surface area contributed by atoms with E-state index in [1.807, 2.05) is 0 Å². The Kier molecular flexibility index (Phi) is 4.42. The van der Waals surface area contributed by atoms with E-state index in [-0.39, 0.29) is 6.61 Å². The lowest BCUT2D eigenvalue weighted by Crippen LogP contribution is -2.35. The summed E-state index contributed by atoms with van der Waals surface area (Å²) in [7, 11) is 0. The van der Waals surface area contributed by atoms with Crippen LogP contribution in [0.2, 0.25) is 0 Å². The highest BCUT2D eigenvalue weighted by atomic mass is 16.7. The fourth-order valence-corrected chi connectivity index (χ4v) is 0.548. The molecule has 0 spiro atoms. The van der Waals surface area contributed by atoms with Gasteiger partial charge in [-0.1, -0.05) is 0 Å². The van der Waals surface area contributed by atoms with Crippen molar-refractivity contribution >= 4 is 11.9 Å². The number of esters is 2. The zero-order valence-corrected chi connectivity index (χ0v) is 7.18. The minimum atomic E-state index is -2.06. The molecule has 0 bridgehead atoms. The van der Waals surface area contributed by atoms with Gasteiger partial charge in [-0.15, -0.1) is 0 Å². The van der Waals surface area contributed by atoms with E-state index in [4.69, 9.17) is 0 Å². The first-order valence-corrected chi connectivity index (χ1v) is 3.46. The Bertz CT molecular complexity index is 225. The number of nitrogens with zero attached hydrogens (tertiary/aromatic N) is 1. The van der Waals surface area contributed by atoms with Crippen LogP contribution in [0.1, 0.15) is 13.8 Å². The van der Waals surface area contributed by atoms with Crippen LogP contribution in [0.25, 0.3) is 0 Å². The predicted octanol–water partition coefficient (Wildman–Crippen LogP) is -0.285. The average Bonchev–Trinajstić information content (AvgIpc) is 1.99. The van der Waals surface area contributed by atoms with Crippen molar-refractivity contribution in [3.05, 3.63) is 10.1 Å². The number of ether oxygens (including phenoxy) is 2. The maximum Gasteiger partial charge on any atom is 0.454 e. The molecule has 74 valence electrons. The first-order valence-electron chi connectivity index (χ1n) is 3.46. The number of carbonyl (C=O) groups excluding carboxylic acids is 2. The van der Waals surface area contributed by atoms with E-state index in [0.29, 0.717) is 0 Å². The van der Waals surface area contributed by atoms with Gasteiger partial charge in [0.25, 0.3) is 0 Å². The predicted molar refractivity (Wildman–Crippen MR) is 39.2 cm³/mol. The molecule has 0 aromatic heterocycles. The quantitative estimate of drug-likeness (QED) is 0.262. The van der Waals surface area contributed by atoms with Gasteiger partial charge in [0, 0.05) is 6.92 Å². The molecule has 7 heteroatoms. The van der Waals surface area contributed by atoms with Crippen LogP contribution in [-0.4, -0.2) is 29.7 Å². The summed E-state index contributed by atoms with van der Waals surface area (Å²) < 4.78 is 8.42. The Labute approximate surface area is 73.8 Å². The first-order chi connectivity index (χ1) is 5.99. The van der Waals surface area contributed by atoms with E-state index in [2.05, 4.69) is 9.47 Å². The minimum absolute atomic E-state index is 0.00949. The van der Waals surface area contributed by atoms with Gasteiger partial charge >= 0.3 is 18.2 Å². The van der Waals surface area contributed by atoms with Gasteiger partial charge < -0.3 is 9.47 Å². The third kappa shape index (κ3) is 4.04. The SMILES string of the molecule is CCOC(=O)C(OC(C)=O)[N+](=O)[O-]. The number of nitro groups is 1. The second kappa shape index (κ2) is 5.07. The molecular formula is C6H9NO6. The van der Waals surface area contributed by atoms with Gasteiger partial charge in [-0.25, -0.2) is 4.79 Å². The van der Waals surface area contributed by atoms with Crippen molar-refractivity contribution in [2.75, 3.05) is 6.61 Å². The molecule has 0 aliphatic rings. The Morgan fingerprint density at radius 3 is 2.38 bits per heavy atom. The third-order valence-electron chi connectivity index (χ3n) is 0.957. The van der Waals surface area contributed by atoms with Crippen LogP contribution in [0.15, 0.2) is 0 Å². The molecule has 13 heavy (non-hydrogen) atoms. The Morgan fingerprint density at radius 2 is 2.08 bits per heavy atom. The van der Waals surface area contributed by atoms with E-state index in [9.17, 15) is 19.7 Å². The van der Waals surface area contributed by atoms with E-state index >= 15 is 0 Å². The van der Waals surface area contributed by atoms with Gasteiger partial charge in [0.05, 0.1) is 11.5 Å². The summed E-state index contributed by atoms with van der Waals surface area (Å²) in [5.41, 5.74) is 0. The van der Waals surface area contributed by atoms with E-state index in [1.54, 1.807) is 0 Å². The van der Waals surface area contributed by atoms with Gasteiger partial charge in [0.2, 0.25) is 0 Å². The lowest BCUT2D eigenvalue weighted by atomic mass is 10.6. The Balaban J connectivity index is 4.32. The fourth-order valence-electron chi connectivity index (χ4n) is 0.548. The normalized spacial score (nSPS) is 11.5. The van der Waals surface area contributed by atoms with Gasteiger partial charge in [0.15, 0.2) is 0 Å². The minimum Gasteiger partial charge on any atom is -0.458 e. The molecule has 0 aromatic rings. The van der Waals surface area contributed by atoms with Crippen LogP contribution in [0.3, 0.4) is 0 Å². The molecule has 1 unspecified atom stereocenters. The standard InChI is InChI=1S/C6H9NO6/c1-3-12-6(9)5(7(10)11)13-4(2)8/h5H,3H2,1-2H3. The highest BCUT2D eigenvalue weighted by Crippen LogP contribution is 1.97.